The molecule has 0 fully saturated rings. The summed E-state index contributed by atoms with van der Waals surface area (Å²) in [5.41, 5.74) is 1.19. The fourth-order valence-electron chi connectivity index (χ4n) is 3.36. The van der Waals surface area contributed by atoms with Gasteiger partial charge in [-0.2, -0.15) is 0 Å². The van der Waals surface area contributed by atoms with Gasteiger partial charge in [-0.1, -0.05) is 12.1 Å². The summed E-state index contributed by atoms with van der Waals surface area (Å²) in [7, 11) is 0. The van der Waals surface area contributed by atoms with E-state index in [4.69, 9.17) is 19.4 Å². The molecule has 0 saturated carbocycles. The van der Waals surface area contributed by atoms with Gasteiger partial charge < -0.3 is 25.1 Å². The van der Waals surface area contributed by atoms with Gasteiger partial charge in [0.15, 0.2) is 12.4 Å². The lowest BCUT2D eigenvalue weighted by molar-refractivity contribution is -0.124. The molecule has 0 atom stereocenters. The number of hydrogen-bond donors (Lipinski definition) is 3. The molecule has 0 aliphatic heterocycles. The van der Waals surface area contributed by atoms with Crippen LogP contribution in [-0.2, 0) is 4.79 Å². The Hall–Kier alpha value is -4.14. The number of aromatic nitrogens is 4. The molecule has 34 heavy (non-hydrogen) atoms. The highest BCUT2D eigenvalue weighted by Crippen LogP contribution is 2.30. The Morgan fingerprint density at radius 1 is 1.06 bits per heavy atom. The molecule has 0 aliphatic carbocycles. The minimum atomic E-state index is -0.319. The Morgan fingerprint density at radius 2 is 1.88 bits per heavy atom. The first-order chi connectivity index (χ1) is 16.3. The van der Waals surface area contributed by atoms with Crippen molar-refractivity contribution in [3.05, 3.63) is 54.9 Å². The lowest BCUT2D eigenvalue weighted by Gasteiger charge is -2.20. The Balaban J connectivity index is 1.65. The van der Waals surface area contributed by atoms with Crippen LogP contribution in [0.25, 0.3) is 22.3 Å². The average molecular weight is 461 g/mol. The van der Waals surface area contributed by atoms with Gasteiger partial charge in [0, 0.05) is 28.9 Å². The van der Waals surface area contributed by atoms with Crippen LogP contribution in [0.5, 0.6) is 11.5 Å². The smallest absolute Gasteiger partial charge is 0.258 e. The number of ether oxygens (including phenoxy) is 2. The molecule has 0 radical (unpaired) electrons. The third kappa shape index (κ3) is 5.80. The number of carbonyl (C=O) groups is 1. The largest absolute Gasteiger partial charge is 0.494 e. The molecular weight excluding hydrogens is 432 g/mol. The fourth-order valence-corrected chi connectivity index (χ4v) is 3.36. The number of amides is 1. The van der Waals surface area contributed by atoms with Crippen LogP contribution < -0.4 is 20.1 Å². The zero-order chi connectivity index (χ0) is 24.1. The van der Waals surface area contributed by atoms with E-state index < -0.39 is 0 Å². The molecule has 0 spiro atoms. The lowest BCUT2D eigenvalue weighted by Crippen LogP contribution is -2.43. The van der Waals surface area contributed by atoms with Crippen molar-refractivity contribution in [2.75, 3.05) is 18.5 Å². The van der Waals surface area contributed by atoms with Crippen molar-refractivity contribution in [3.8, 4) is 22.9 Å². The highest BCUT2D eigenvalue weighted by molar-refractivity contribution is 5.92. The number of imidazole rings is 1. The summed E-state index contributed by atoms with van der Waals surface area (Å²) in [6.45, 7) is 8.20. The Bertz CT molecular complexity index is 1280. The fraction of sp³-hybridized carbons (Fsp3) is 0.280. The molecule has 4 aromatic rings. The maximum absolute atomic E-state index is 12.1. The van der Waals surface area contributed by atoms with Crippen molar-refractivity contribution < 1.29 is 14.3 Å². The molecule has 1 amide bonds. The number of fused-ring (bicyclic) bond motifs is 1. The zero-order valence-corrected chi connectivity index (χ0v) is 19.7. The van der Waals surface area contributed by atoms with Crippen LogP contribution in [0, 0.1) is 0 Å². The summed E-state index contributed by atoms with van der Waals surface area (Å²) >= 11 is 0. The van der Waals surface area contributed by atoms with Crippen LogP contribution in [-0.4, -0.2) is 44.6 Å². The van der Waals surface area contributed by atoms with Gasteiger partial charge in [0.1, 0.15) is 17.3 Å². The van der Waals surface area contributed by atoms with E-state index in [1.54, 1.807) is 18.5 Å². The van der Waals surface area contributed by atoms with E-state index in [9.17, 15) is 4.79 Å². The average Bonchev–Trinajstić information content (AvgIpc) is 3.30. The second kappa shape index (κ2) is 9.78. The summed E-state index contributed by atoms with van der Waals surface area (Å²) in [6, 6.07) is 13.0. The number of hydrogen-bond acceptors (Lipinski definition) is 7. The SMILES string of the molecule is CCOc1ccc2nc(-c3cccc(OCC(=O)NC(C)(C)C)c3)nc(Nc3ncc[nH]3)c2c1. The zero-order valence-electron chi connectivity index (χ0n) is 19.7. The van der Waals surface area contributed by atoms with E-state index in [0.29, 0.717) is 29.9 Å². The molecule has 176 valence electrons. The maximum atomic E-state index is 12.1. The number of nitrogens with one attached hydrogen (secondary N) is 3. The molecular formula is C25H28N6O3. The number of anilines is 2. The molecule has 0 bridgehead atoms. The second-order valence-electron chi connectivity index (χ2n) is 8.69. The molecule has 9 nitrogen and oxygen atoms in total. The minimum absolute atomic E-state index is 0.0786. The van der Waals surface area contributed by atoms with Gasteiger partial charge in [-0.3, -0.25) is 4.79 Å². The highest BCUT2D eigenvalue weighted by Gasteiger charge is 2.15. The first-order valence-corrected chi connectivity index (χ1v) is 11.1. The molecule has 2 heterocycles. The quantitative estimate of drug-likeness (QED) is 0.356. The molecule has 2 aromatic carbocycles. The number of benzene rings is 2. The van der Waals surface area contributed by atoms with E-state index in [1.807, 2.05) is 64.1 Å². The first kappa shape index (κ1) is 23.0. The van der Waals surface area contributed by atoms with E-state index in [-0.39, 0.29) is 18.1 Å². The first-order valence-electron chi connectivity index (χ1n) is 11.1. The van der Waals surface area contributed by atoms with Crippen molar-refractivity contribution in [2.24, 2.45) is 0 Å². The third-order valence-electron chi connectivity index (χ3n) is 4.69. The number of carbonyl (C=O) groups excluding carboxylic acids is 1. The number of nitrogens with zero attached hydrogens (tertiary/aromatic N) is 3. The summed E-state index contributed by atoms with van der Waals surface area (Å²) in [5.74, 6) is 2.77. The van der Waals surface area contributed by atoms with E-state index in [1.165, 1.54) is 0 Å². The summed E-state index contributed by atoms with van der Waals surface area (Å²) < 4.78 is 11.4. The van der Waals surface area contributed by atoms with Crippen molar-refractivity contribution >= 4 is 28.6 Å². The maximum Gasteiger partial charge on any atom is 0.258 e. The van der Waals surface area contributed by atoms with Gasteiger partial charge in [-0.05, 0) is 58.0 Å². The van der Waals surface area contributed by atoms with Gasteiger partial charge in [0.25, 0.3) is 5.91 Å². The predicted molar refractivity (Wildman–Crippen MR) is 131 cm³/mol. The molecule has 0 saturated heterocycles. The second-order valence-corrected chi connectivity index (χ2v) is 8.69. The minimum Gasteiger partial charge on any atom is -0.494 e. The number of H-pyrrole nitrogens is 1. The monoisotopic (exact) mass is 460 g/mol. The van der Waals surface area contributed by atoms with Crippen molar-refractivity contribution in [1.29, 1.82) is 0 Å². The lowest BCUT2D eigenvalue weighted by atomic mass is 10.1. The summed E-state index contributed by atoms with van der Waals surface area (Å²) in [5, 5.41) is 6.91. The standard InChI is InChI=1S/C25H28N6O3/c1-5-33-18-9-10-20-19(14-18)23(30-24-26-11-12-27-24)29-22(28-20)16-7-6-8-17(13-16)34-15-21(32)31-25(2,3)4/h6-14H,5,15H2,1-4H3,(H,31,32)(H2,26,27,28,29,30). The van der Waals surface area contributed by atoms with Crippen LogP contribution in [0.2, 0.25) is 0 Å². The van der Waals surface area contributed by atoms with Crippen LogP contribution in [0.3, 0.4) is 0 Å². The molecule has 0 aliphatic rings. The number of aromatic amines is 1. The van der Waals surface area contributed by atoms with Crippen LogP contribution in [0.15, 0.2) is 54.9 Å². The van der Waals surface area contributed by atoms with Crippen molar-refractivity contribution in [1.82, 2.24) is 25.3 Å². The molecule has 9 heteroatoms. The van der Waals surface area contributed by atoms with Gasteiger partial charge in [0.2, 0.25) is 5.95 Å². The van der Waals surface area contributed by atoms with Gasteiger partial charge in [0.05, 0.1) is 12.1 Å². The highest BCUT2D eigenvalue weighted by atomic mass is 16.5. The summed E-state index contributed by atoms with van der Waals surface area (Å²) in [6.07, 6.45) is 3.39. The van der Waals surface area contributed by atoms with E-state index in [0.717, 1.165) is 22.2 Å². The molecule has 2 aromatic heterocycles. The van der Waals surface area contributed by atoms with Gasteiger partial charge in [-0.25, -0.2) is 15.0 Å². The van der Waals surface area contributed by atoms with Crippen LogP contribution in [0.4, 0.5) is 11.8 Å². The van der Waals surface area contributed by atoms with E-state index in [2.05, 4.69) is 20.6 Å². The third-order valence-corrected chi connectivity index (χ3v) is 4.69. The molecule has 4 rings (SSSR count). The van der Waals surface area contributed by atoms with Gasteiger partial charge in [-0.15, -0.1) is 0 Å². The van der Waals surface area contributed by atoms with Crippen molar-refractivity contribution in [3.63, 3.8) is 0 Å². The van der Waals surface area contributed by atoms with E-state index >= 15 is 0 Å². The topological polar surface area (TPSA) is 114 Å². The van der Waals surface area contributed by atoms with Crippen molar-refractivity contribution in [2.45, 2.75) is 33.2 Å². The molecule has 0 unspecified atom stereocenters. The predicted octanol–water partition coefficient (Wildman–Crippen LogP) is 4.46. The van der Waals surface area contributed by atoms with Gasteiger partial charge >= 0.3 is 0 Å². The summed E-state index contributed by atoms with van der Waals surface area (Å²) in [4.78, 5) is 28.9. The van der Waals surface area contributed by atoms with Crippen LogP contribution in [0.1, 0.15) is 27.7 Å². The van der Waals surface area contributed by atoms with Crippen LogP contribution >= 0.6 is 0 Å². The molecule has 3 N–H and O–H groups in total. The number of rotatable bonds is 8. The Labute approximate surface area is 198 Å². The Morgan fingerprint density at radius 3 is 2.62 bits per heavy atom. The Kier molecular flexibility index (Phi) is 6.62. The normalized spacial score (nSPS) is 11.3.